The molecule has 0 saturated heterocycles. The third-order valence-corrected chi connectivity index (χ3v) is 1.49. The van der Waals surface area contributed by atoms with Crippen LogP contribution in [-0.2, 0) is 0 Å². The Morgan fingerprint density at radius 1 is 1.42 bits per heavy atom. The van der Waals surface area contributed by atoms with E-state index in [2.05, 4.69) is 11.8 Å². The number of carbonyl (C=O) groups excluding carboxylic acids is 1. The van der Waals surface area contributed by atoms with Gasteiger partial charge in [0, 0.05) is 5.18 Å². The van der Waals surface area contributed by atoms with E-state index in [9.17, 15) is 9.70 Å². The van der Waals surface area contributed by atoms with E-state index in [0.29, 0.717) is 11.1 Å². The first-order chi connectivity index (χ1) is 5.79. The summed E-state index contributed by atoms with van der Waals surface area (Å²) in [4.78, 5) is 20.8. The number of hydrogen-bond donors (Lipinski definition) is 0. The van der Waals surface area contributed by atoms with Crippen LogP contribution in [0.25, 0.3) is 6.08 Å². The van der Waals surface area contributed by atoms with E-state index in [1.165, 1.54) is 6.08 Å². The molecule has 0 N–H and O–H groups in total. The minimum Gasteiger partial charge on any atom is -0.263 e. The summed E-state index contributed by atoms with van der Waals surface area (Å²) in [5.41, 5.74) is 0.921. The van der Waals surface area contributed by atoms with E-state index in [0.717, 1.165) is 0 Å². The Kier molecular flexibility index (Phi) is 2.48. The fourth-order valence-electron chi connectivity index (χ4n) is 0.919. The van der Waals surface area contributed by atoms with Crippen molar-refractivity contribution in [2.45, 2.75) is 0 Å². The zero-order valence-corrected chi connectivity index (χ0v) is 6.36. The smallest absolute Gasteiger partial charge is 0.263 e. The molecule has 0 heterocycles. The highest BCUT2D eigenvalue weighted by Crippen LogP contribution is 2.10. The number of benzene rings is 1. The van der Waals surface area contributed by atoms with Crippen LogP contribution in [0, 0.1) is 4.91 Å². The number of nitroso groups, excluding NO2 is 1. The first-order valence-corrected chi connectivity index (χ1v) is 3.38. The molecule has 1 aromatic carbocycles. The van der Waals surface area contributed by atoms with Gasteiger partial charge in [-0.1, -0.05) is 30.9 Å². The van der Waals surface area contributed by atoms with Gasteiger partial charge in [0.25, 0.3) is 0 Å². The molecule has 1 aromatic rings. The monoisotopic (exact) mass is 161 g/mol. The van der Waals surface area contributed by atoms with Gasteiger partial charge in [0.05, 0.1) is 5.56 Å². The Hall–Kier alpha value is -1.77. The van der Waals surface area contributed by atoms with Crippen LogP contribution >= 0.6 is 0 Å². The molecule has 0 spiro atoms. The van der Waals surface area contributed by atoms with Gasteiger partial charge in [-0.25, -0.2) is 0 Å². The molecule has 0 radical (unpaired) electrons. The molecule has 0 atom stereocenters. The van der Waals surface area contributed by atoms with Crippen molar-refractivity contribution in [3.8, 4) is 0 Å². The summed E-state index contributed by atoms with van der Waals surface area (Å²) in [6, 6.07) is 6.68. The normalized spacial score (nSPS) is 9.00. The molecule has 12 heavy (non-hydrogen) atoms. The van der Waals surface area contributed by atoms with Gasteiger partial charge in [-0.2, -0.15) is 0 Å². The quantitative estimate of drug-likeness (QED) is 0.624. The number of rotatable bonds is 2. The van der Waals surface area contributed by atoms with E-state index in [-0.39, 0.29) is 0 Å². The Balaban J connectivity index is 3.21. The Morgan fingerprint density at radius 2 is 2.08 bits per heavy atom. The van der Waals surface area contributed by atoms with Gasteiger partial charge in [0.2, 0.25) is 0 Å². The molecule has 0 aliphatic carbocycles. The lowest BCUT2D eigenvalue weighted by atomic mass is 10.1. The topological polar surface area (TPSA) is 46.5 Å². The standard InChI is InChI=1S/C9H7NO2/c1-2-7-5-3-4-6-8(7)9(11)10-12/h2-6H,1H2. The number of amides is 1. The average Bonchev–Trinajstić information content (AvgIpc) is 2.16. The maximum absolute atomic E-state index is 10.9. The molecule has 0 aromatic heterocycles. The van der Waals surface area contributed by atoms with Crippen LogP contribution in [0.4, 0.5) is 0 Å². The molecule has 0 aliphatic rings. The van der Waals surface area contributed by atoms with Crippen molar-refractivity contribution in [1.82, 2.24) is 0 Å². The van der Waals surface area contributed by atoms with Crippen molar-refractivity contribution in [2.75, 3.05) is 0 Å². The molecular weight excluding hydrogens is 154 g/mol. The third-order valence-electron chi connectivity index (χ3n) is 1.49. The predicted octanol–water partition coefficient (Wildman–Crippen LogP) is 2.24. The van der Waals surface area contributed by atoms with Crippen LogP contribution in [0.3, 0.4) is 0 Å². The van der Waals surface area contributed by atoms with Crippen LogP contribution in [0.5, 0.6) is 0 Å². The summed E-state index contributed by atoms with van der Waals surface area (Å²) in [7, 11) is 0. The highest BCUT2D eigenvalue weighted by Gasteiger charge is 2.07. The van der Waals surface area contributed by atoms with Crippen molar-refractivity contribution in [3.63, 3.8) is 0 Å². The Labute approximate surface area is 69.7 Å². The van der Waals surface area contributed by atoms with Crippen LogP contribution in [0.2, 0.25) is 0 Å². The lowest BCUT2D eigenvalue weighted by molar-refractivity contribution is 0.100. The molecule has 0 saturated carbocycles. The maximum Gasteiger partial charge on any atom is 0.317 e. The largest absolute Gasteiger partial charge is 0.317 e. The van der Waals surface area contributed by atoms with Crippen molar-refractivity contribution in [2.24, 2.45) is 5.18 Å². The highest BCUT2D eigenvalue weighted by molar-refractivity contribution is 5.98. The maximum atomic E-state index is 10.9. The third kappa shape index (κ3) is 1.45. The van der Waals surface area contributed by atoms with E-state index in [1.807, 2.05) is 0 Å². The molecular formula is C9H7NO2. The minimum absolute atomic E-state index is 0.294. The van der Waals surface area contributed by atoms with Crippen LogP contribution < -0.4 is 0 Å². The highest BCUT2D eigenvalue weighted by atomic mass is 16.3. The first-order valence-electron chi connectivity index (χ1n) is 3.38. The molecule has 0 bridgehead atoms. The molecule has 0 aliphatic heterocycles. The lowest BCUT2D eigenvalue weighted by Crippen LogP contribution is -1.95. The second-order valence-corrected chi connectivity index (χ2v) is 2.19. The molecule has 3 heteroatoms. The van der Waals surface area contributed by atoms with Gasteiger partial charge in [0.15, 0.2) is 0 Å². The zero-order chi connectivity index (χ0) is 8.97. The summed E-state index contributed by atoms with van der Waals surface area (Å²) in [5.74, 6) is -0.759. The summed E-state index contributed by atoms with van der Waals surface area (Å²) in [6.07, 6.45) is 1.51. The van der Waals surface area contributed by atoms with Crippen molar-refractivity contribution >= 4 is 12.0 Å². The van der Waals surface area contributed by atoms with E-state index in [1.54, 1.807) is 24.3 Å². The molecule has 1 amide bonds. The fourth-order valence-corrected chi connectivity index (χ4v) is 0.919. The molecule has 3 nitrogen and oxygen atoms in total. The minimum atomic E-state index is -0.759. The van der Waals surface area contributed by atoms with Crippen LogP contribution in [0.1, 0.15) is 15.9 Å². The Morgan fingerprint density at radius 3 is 2.67 bits per heavy atom. The van der Waals surface area contributed by atoms with Gasteiger partial charge in [-0.05, 0) is 11.6 Å². The lowest BCUT2D eigenvalue weighted by Gasteiger charge is -1.97. The number of nitrogens with zero attached hydrogens (tertiary/aromatic N) is 1. The summed E-state index contributed by atoms with van der Waals surface area (Å²) >= 11 is 0. The van der Waals surface area contributed by atoms with E-state index in [4.69, 9.17) is 0 Å². The second-order valence-electron chi connectivity index (χ2n) is 2.19. The fraction of sp³-hybridized carbons (Fsp3) is 0. The van der Waals surface area contributed by atoms with Gasteiger partial charge < -0.3 is 0 Å². The second kappa shape index (κ2) is 3.57. The molecule has 0 unspecified atom stereocenters. The van der Waals surface area contributed by atoms with Crippen molar-refractivity contribution < 1.29 is 4.79 Å². The van der Waals surface area contributed by atoms with E-state index >= 15 is 0 Å². The molecule has 1 rings (SSSR count). The van der Waals surface area contributed by atoms with Crippen LogP contribution in [-0.4, -0.2) is 5.91 Å². The summed E-state index contributed by atoms with van der Waals surface area (Å²) in [5, 5.41) is 2.33. The first kappa shape index (κ1) is 8.33. The van der Waals surface area contributed by atoms with Crippen molar-refractivity contribution in [1.29, 1.82) is 0 Å². The zero-order valence-electron chi connectivity index (χ0n) is 6.36. The van der Waals surface area contributed by atoms with E-state index < -0.39 is 5.91 Å². The van der Waals surface area contributed by atoms with Crippen LogP contribution in [0.15, 0.2) is 36.0 Å². The molecule has 0 fully saturated rings. The van der Waals surface area contributed by atoms with Crippen molar-refractivity contribution in [3.05, 3.63) is 46.9 Å². The Bertz CT molecular complexity index is 331. The summed E-state index contributed by atoms with van der Waals surface area (Å²) < 4.78 is 0. The average molecular weight is 161 g/mol. The van der Waals surface area contributed by atoms with Gasteiger partial charge >= 0.3 is 5.91 Å². The number of hydrogen-bond acceptors (Lipinski definition) is 2. The van der Waals surface area contributed by atoms with Gasteiger partial charge in [0.1, 0.15) is 0 Å². The summed E-state index contributed by atoms with van der Waals surface area (Å²) in [6.45, 7) is 3.51. The van der Waals surface area contributed by atoms with Gasteiger partial charge in [-0.15, -0.1) is 4.91 Å². The number of carbonyl (C=O) groups is 1. The SMILES string of the molecule is C=Cc1ccccc1C(=O)N=O. The molecule has 60 valence electrons. The van der Waals surface area contributed by atoms with Gasteiger partial charge in [-0.3, -0.25) is 4.79 Å². The predicted molar refractivity (Wildman–Crippen MR) is 46.7 cm³/mol.